The molecule has 1 saturated heterocycles. The fourth-order valence-corrected chi connectivity index (χ4v) is 2.18. The SMILES string of the molecule is Fc1cc(-c2nc(CN3CCNCC3)no2)cc(F)c1F. The molecule has 2 heterocycles. The van der Waals surface area contributed by atoms with E-state index in [-0.39, 0.29) is 11.5 Å². The van der Waals surface area contributed by atoms with Gasteiger partial charge >= 0.3 is 0 Å². The summed E-state index contributed by atoms with van der Waals surface area (Å²) in [4.78, 5) is 6.23. The van der Waals surface area contributed by atoms with Crippen LogP contribution in [0.4, 0.5) is 13.2 Å². The third-order valence-electron chi connectivity index (χ3n) is 3.27. The second-order valence-electron chi connectivity index (χ2n) is 4.80. The highest BCUT2D eigenvalue weighted by Gasteiger charge is 2.17. The first-order valence-corrected chi connectivity index (χ1v) is 6.54. The summed E-state index contributed by atoms with van der Waals surface area (Å²) in [5.41, 5.74) is 0.0189. The quantitative estimate of drug-likeness (QED) is 0.872. The molecule has 2 aromatic rings. The fraction of sp³-hybridized carbons (Fsp3) is 0.385. The normalized spacial score (nSPS) is 16.3. The van der Waals surface area contributed by atoms with Gasteiger partial charge in [-0.1, -0.05) is 5.16 Å². The third-order valence-corrected chi connectivity index (χ3v) is 3.27. The number of aromatic nitrogens is 2. The van der Waals surface area contributed by atoms with E-state index in [2.05, 4.69) is 20.4 Å². The highest BCUT2D eigenvalue weighted by atomic mass is 19.2. The van der Waals surface area contributed by atoms with Crippen LogP contribution in [0.2, 0.25) is 0 Å². The summed E-state index contributed by atoms with van der Waals surface area (Å²) < 4.78 is 44.3. The molecule has 5 nitrogen and oxygen atoms in total. The standard InChI is InChI=1S/C13H13F3N4O/c14-9-5-8(6-10(15)12(9)16)13-18-11(19-21-13)7-20-3-1-17-2-4-20/h5-6,17H,1-4,7H2. The zero-order chi connectivity index (χ0) is 14.8. The van der Waals surface area contributed by atoms with Crippen LogP contribution >= 0.6 is 0 Å². The van der Waals surface area contributed by atoms with Gasteiger partial charge in [0.1, 0.15) is 0 Å². The Morgan fingerprint density at radius 2 is 1.81 bits per heavy atom. The van der Waals surface area contributed by atoms with Crippen LogP contribution in [0.3, 0.4) is 0 Å². The van der Waals surface area contributed by atoms with E-state index >= 15 is 0 Å². The molecule has 21 heavy (non-hydrogen) atoms. The maximum Gasteiger partial charge on any atom is 0.258 e. The number of hydrogen-bond donors (Lipinski definition) is 1. The van der Waals surface area contributed by atoms with Crippen LogP contribution in [-0.4, -0.2) is 41.2 Å². The van der Waals surface area contributed by atoms with Gasteiger partial charge in [-0.15, -0.1) is 0 Å². The summed E-state index contributed by atoms with van der Waals surface area (Å²) in [6, 6.07) is 1.67. The number of halogens is 3. The minimum absolute atomic E-state index is 0.0189. The molecule has 8 heteroatoms. The Balaban J connectivity index is 1.78. The third kappa shape index (κ3) is 3.06. The van der Waals surface area contributed by atoms with E-state index in [1.165, 1.54) is 0 Å². The summed E-state index contributed by atoms with van der Waals surface area (Å²) in [7, 11) is 0. The predicted octanol–water partition coefficient (Wildman–Crippen LogP) is 1.56. The fourth-order valence-electron chi connectivity index (χ4n) is 2.18. The van der Waals surface area contributed by atoms with E-state index in [9.17, 15) is 13.2 Å². The lowest BCUT2D eigenvalue weighted by atomic mass is 10.2. The van der Waals surface area contributed by atoms with Crippen LogP contribution in [0, 0.1) is 17.5 Å². The van der Waals surface area contributed by atoms with Crippen LogP contribution in [0.15, 0.2) is 16.7 Å². The van der Waals surface area contributed by atoms with Gasteiger partial charge in [-0.2, -0.15) is 4.98 Å². The summed E-state index contributed by atoms with van der Waals surface area (Å²) >= 11 is 0. The van der Waals surface area contributed by atoms with Gasteiger partial charge in [-0.25, -0.2) is 13.2 Å². The largest absolute Gasteiger partial charge is 0.334 e. The van der Waals surface area contributed by atoms with Crippen molar-refractivity contribution in [2.45, 2.75) is 6.54 Å². The smallest absolute Gasteiger partial charge is 0.258 e. The number of piperazine rings is 1. The Bertz CT molecular complexity index is 617. The molecule has 0 aliphatic carbocycles. The zero-order valence-electron chi connectivity index (χ0n) is 11.1. The summed E-state index contributed by atoms with van der Waals surface area (Å²) in [6.45, 7) is 4.00. The molecular weight excluding hydrogens is 285 g/mol. The Hall–Kier alpha value is -1.93. The van der Waals surface area contributed by atoms with Gasteiger partial charge in [0.05, 0.1) is 6.54 Å². The van der Waals surface area contributed by atoms with Gasteiger partial charge in [-0.05, 0) is 12.1 Å². The molecule has 3 rings (SSSR count). The zero-order valence-corrected chi connectivity index (χ0v) is 11.1. The number of benzene rings is 1. The molecule has 1 N–H and O–H groups in total. The van der Waals surface area contributed by atoms with Gasteiger partial charge in [0.15, 0.2) is 23.3 Å². The van der Waals surface area contributed by atoms with Crippen molar-refractivity contribution < 1.29 is 17.7 Å². The second kappa shape index (κ2) is 5.82. The van der Waals surface area contributed by atoms with Crippen molar-refractivity contribution in [3.05, 3.63) is 35.4 Å². The first-order valence-electron chi connectivity index (χ1n) is 6.54. The van der Waals surface area contributed by atoms with E-state index in [0.717, 1.165) is 38.3 Å². The van der Waals surface area contributed by atoms with Crippen molar-refractivity contribution in [1.29, 1.82) is 0 Å². The van der Waals surface area contributed by atoms with Crippen molar-refractivity contribution in [3.8, 4) is 11.5 Å². The molecule has 1 aliphatic rings. The maximum atomic E-state index is 13.2. The molecule has 112 valence electrons. The van der Waals surface area contributed by atoms with Crippen molar-refractivity contribution in [2.75, 3.05) is 26.2 Å². The molecular formula is C13H13F3N4O. The Labute approximate surface area is 118 Å². The van der Waals surface area contributed by atoms with Gasteiger partial charge in [0.2, 0.25) is 0 Å². The van der Waals surface area contributed by atoms with Crippen LogP contribution in [0.25, 0.3) is 11.5 Å². The summed E-state index contributed by atoms with van der Waals surface area (Å²) in [5, 5.41) is 7.01. The average molecular weight is 298 g/mol. The molecule has 1 fully saturated rings. The summed E-state index contributed by atoms with van der Waals surface area (Å²) in [6.07, 6.45) is 0. The highest BCUT2D eigenvalue weighted by molar-refractivity contribution is 5.53. The van der Waals surface area contributed by atoms with E-state index in [0.29, 0.717) is 12.4 Å². The van der Waals surface area contributed by atoms with E-state index in [1.54, 1.807) is 0 Å². The molecule has 0 amide bonds. The second-order valence-corrected chi connectivity index (χ2v) is 4.80. The van der Waals surface area contributed by atoms with Crippen molar-refractivity contribution >= 4 is 0 Å². The van der Waals surface area contributed by atoms with Crippen molar-refractivity contribution in [2.24, 2.45) is 0 Å². The van der Waals surface area contributed by atoms with Crippen molar-refractivity contribution in [3.63, 3.8) is 0 Å². The maximum absolute atomic E-state index is 13.2. The van der Waals surface area contributed by atoms with E-state index in [1.807, 2.05) is 0 Å². The molecule has 0 atom stereocenters. The average Bonchev–Trinajstić information content (AvgIpc) is 2.94. The highest BCUT2D eigenvalue weighted by Crippen LogP contribution is 2.22. The molecule has 0 bridgehead atoms. The van der Waals surface area contributed by atoms with Gasteiger partial charge in [0, 0.05) is 31.7 Å². The minimum atomic E-state index is -1.51. The lowest BCUT2D eigenvalue weighted by Crippen LogP contribution is -2.43. The van der Waals surface area contributed by atoms with Crippen LogP contribution in [-0.2, 0) is 6.54 Å². The molecule has 1 aliphatic heterocycles. The molecule has 1 aromatic heterocycles. The Morgan fingerprint density at radius 1 is 1.14 bits per heavy atom. The van der Waals surface area contributed by atoms with E-state index in [4.69, 9.17) is 4.52 Å². The Kier molecular flexibility index (Phi) is 3.89. The lowest BCUT2D eigenvalue weighted by molar-refractivity contribution is 0.225. The van der Waals surface area contributed by atoms with Gasteiger partial charge in [-0.3, -0.25) is 4.90 Å². The molecule has 1 aromatic carbocycles. The van der Waals surface area contributed by atoms with Crippen molar-refractivity contribution in [1.82, 2.24) is 20.4 Å². The topological polar surface area (TPSA) is 54.2 Å². The number of nitrogens with zero attached hydrogens (tertiary/aromatic N) is 3. The first-order chi connectivity index (χ1) is 10.1. The first kappa shape index (κ1) is 14.0. The number of rotatable bonds is 3. The lowest BCUT2D eigenvalue weighted by Gasteiger charge is -2.25. The summed E-state index contributed by atoms with van der Waals surface area (Å²) in [5.74, 6) is -3.69. The minimum Gasteiger partial charge on any atom is -0.334 e. The monoisotopic (exact) mass is 298 g/mol. The Morgan fingerprint density at radius 3 is 2.48 bits per heavy atom. The van der Waals surface area contributed by atoms with Crippen LogP contribution < -0.4 is 5.32 Å². The molecule has 0 spiro atoms. The number of nitrogens with one attached hydrogen (secondary N) is 1. The predicted molar refractivity (Wildman–Crippen MR) is 67.8 cm³/mol. The molecule has 0 radical (unpaired) electrons. The molecule has 0 unspecified atom stereocenters. The molecule has 0 saturated carbocycles. The van der Waals surface area contributed by atoms with E-state index < -0.39 is 17.5 Å². The number of hydrogen-bond acceptors (Lipinski definition) is 5. The van der Waals surface area contributed by atoms with Gasteiger partial charge < -0.3 is 9.84 Å². The van der Waals surface area contributed by atoms with Gasteiger partial charge in [0.25, 0.3) is 5.89 Å². The van der Waals surface area contributed by atoms with Crippen LogP contribution in [0.5, 0.6) is 0 Å². The van der Waals surface area contributed by atoms with Crippen LogP contribution in [0.1, 0.15) is 5.82 Å².